The third-order valence-corrected chi connectivity index (χ3v) is 0.829. The van der Waals surface area contributed by atoms with E-state index in [1.165, 1.54) is 13.8 Å². The molecule has 4 heteroatoms. The normalized spacial score (nSPS) is 10.8. The molecule has 0 bridgehead atoms. The minimum Gasteiger partial charge on any atom is -0.478 e. The fourth-order valence-electron chi connectivity index (χ4n) is 0.272. The summed E-state index contributed by atoms with van der Waals surface area (Å²) in [4.78, 5) is 20.3. The van der Waals surface area contributed by atoms with Crippen LogP contribution in [-0.4, -0.2) is 17.0 Å². The minimum atomic E-state index is -1.03. The van der Waals surface area contributed by atoms with E-state index in [1.54, 1.807) is 0 Å². The van der Waals surface area contributed by atoms with Gasteiger partial charge in [-0.15, -0.1) is 0 Å². The van der Waals surface area contributed by atoms with Crippen molar-refractivity contribution in [2.45, 2.75) is 13.8 Å². The van der Waals surface area contributed by atoms with Crippen molar-refractivity contribution in [1.29, 1.82) is 0 Å². The number of carboxylic acid groups (broad SMARTS) is 1. The molecular weight excluding hydrogens is 134 g/mol. The zero-order valence-electron chi connectivity index (χ0n) is 5.84. The third-order valence-electron chi connectivity index (χ3n) is 0.829. The van der Waals surface area contributed by atoms with Crippen LogP contribution in [0.2, 0.25) is 0 Å². The average molecular weight is 143 g/mol. The van der Waals surface area contributed by atoms with E-state index in [1.807, 2.05) is 0 Å². The molecule has 2 N–H and O–H groups in total. The van der Waals surface area contributed by atoms with Gasteiger partial charge in [0.2, 0.25) is 5.91 Å². The highest BCUT2D eigenvalue weighted by atomic mass is 16.4. The maximum Gasteiger partial charge on any atom is 0.332 e. The Bertz CT molecular complexity index is 183. The summed E-state index contributed by atoms with van der Waals surface area (Å²) in [7, 11) is 0. The Labute approximate surface area is 58.5 Å². The van der Waals surface area contributed by atoms with Crippen molar-refractivity contribution in [1.82, 2.24) is 5.32 Å². The fourth-order valence-corrected chi connectivity index (χ4v) is 0.272. The van der Waals surface area contributed by atoms with Crippen LogP contribution in [0.4, 0.5) is 0 Å². The number of carboxylic acids is 1. The third kappa shape index (κ3) is 3.65. The number of hydrogen-bond donors (Lipinski definition) is 2. The molecule has 0 saturated carbocycles. The predicted molar refractivity (Wildman–Crippen MR) is 35.2 cm³/mol. The topological polar surface area (TPSA) is 66.4 Å². The first kappa shape index (κ1) is 8.68. The van der Waals surface area contributed by atoms with Crippen LogP contribution >= 0.6 is 0 Å². The quantitative estimate of drug-likeness (QED) is 0.539. The standard InChI is InChI=1S/C6H9NO3/c1-4(6(9)10)3-7-5(2)8/h3H,1-2H3,(H,7,8)(H,9,10)/b4-3+. The number of rotatable bonds is 2. The molecule has 0 spiro atoms. The van der Waals surface area contributed by atoms with Crippen LogP contribution in [0.5, 0.6) is 0 Å². The van der Waals surface area contributed by atoms with Gasteiger partial charge >= 0.3 is 5.97 Å². The Balaban J connectivity index is 3.92. The molecule has 0 unspecified atom stereocenters. The molecule has 1 amide bonds. The van der Waals surface area contributed by atoms with E-state index in [2.05, 4.69) is 5.32 Å². The second-order valence-electron chi connectivity index (χ2n) is 1.83. The van der Waals surface area contributed by atoms with Gasteiger partial charge in [0.1, 0.15) is 0 Å². The molecular formula is C6H9NO3. The van der Waals surface area contributed by atoms with Gasteiger partial charge in [-0.1, -0.05) is 0 Å². The lowest BCUT2D eigenvalue weighted by Gasteiger charge is -1.93. The molecule has 56 valence electrons. The van der Waals surface area contributed by atoms with E-state index < -0.39 is 5.97 Å². The molecule has 10 heavy (non-hydrogen) atoms. The van der Waals surface area contributed by atoms with Gasteiger partial charge in [0.05, 0.1) is 0 Å². The molecule has 0 aromatic rings. The number of carbonyl (C=O) groups is 2. The maximum atomic E-state index is 10.2. The predicted octanol–water partition coefficient (Wildman–Crippen LogP) is 0.111. The molecule has 0 atom stereocenters. The van der Waals surface area contributed by atoms with Gasteiger partial charge in [-0.05, 0) is 6.92 Å². The van der Waals surface area contributed by atoms with Crippen molar-refractivity contribution in [3.63, 3.8) is 0 Å². The molecule has 0 aliphatic carbocycles. The lowest BCUT2D eigenvalue weighted by atomic mass is 10.3. The number of hydrogen-bond acceptors (Lipinski definition) is 2. The minimum absolute atomic E-state index is 0.107. The maximum absolute atomic E-state index is 10.2. The van der Waals surface area contributed by atoms with E-state index in [0.717, 1.165) is 6.20 Å². The van der Waals surface area contributed by atoms with Crippen molar-refractivity contribution < 1.29 is 14.7 Å². The number of aliphatic carboxylic acids is 1. The lowest BCUT2D eigenvalue weighted by Crippen LogP contribution is -2.14. The van der Waals surface area contributed by atoms with Gasteiger partial charge in [-0.2, -0.15) is 0 Å². The summed E-state index contributed by atoms with van der Waals surface area (Å²) in [5.41, 5.74) is 0.107. The van der Waals surface area contributed by atoms with Crippen LogP contribution in [0.1, 0.15) is 13.8 Å². The van der Waals surface area contributed by atoms with Crippen molar-refractivity contribution >= 4 is 11.9 Å². The first-order chi connectivity index (χ1) is 4.54. The van der Waals surface area contributed by atoms with Crippen LogP contribution in [0.15, 0.2) is 11.8 Å². The van der Waals surface area contributed by atoms with Gasteiger partial charge < -0.3 is 10.4 Å². The molecule has 0 heterocycles. The SMILES string of the molecule is CC(=O)N/C=C(\C)C(=O)O. The molecule has 0 rings (SSSR count). The van der Waals surface area contributed by atoms with E-state index in [-0.39, 0.29) is 11.5 Å². The molecule has 0 aromatic heterocycles. The van der Waals surface area contributed by atoms with E-state index in [4.69, 9.17) is 5.11 Å². The van der Waals surface area contributed by atoms with Crippen LogP contribution in [-0.2, 0) is 9.59 Å². The van der Waals surface area contributed by atoms with Gasteiger partial charge in [0.25, 0.3) is 0 Å². The molecule has 0 aliphatic rings. The zero-order chi connectivity index (χ0) is 8.15. The number of carbonyl (C=O) groups excluding carboxylic acids is 1. The summed E-state index contributed by atoms with van der Waals surface area (Å²) in [6, 6.07) is 0. The Morgan fingerprint density at radius 2 is 1.90 bits per heavy atom. The summed E-state index contributed by atoms with van der Waals surface area (Å²) in [5, 5.41) is 10.5. The molecule has 0 aromatic carbocycles. The summed E-state index contributed by atoms with van der Waals surface area (Å²) in [5.74, 6) is -1.31. The number of amides is 1. The Kier molecular flexibility index (Phi) is 3.17. The summed E-state index contributed by atoms with van der Waals surface area (Å²) < 4.78 is 0. The van der Waals surface area contributed by atoms with Crippen molar-refractivity contribution in [3.8, 4) is 0 Å². The first-order valence-corrected chi connectivity index (χ1v) is 2.71. The van der Waals surface area contributed by atoms with Crippen molar-refractivity contribution in [2.75, 3.05) is 0 Å². The Morgan fingerprint density at radius 3 is 2.20 bits per heavy atom. The molecule has 4 nitrogen and oxygen atoms in total. The highest BCUT2D eigenvalue weighted by molar-refractivity contribution is 5.86. The van der Waals surface area contributed by atoms with Gasteiger partial charge in [0, 0.05) is 18.7 Å². The fraction of sp³-hybridized carbons (Fsp3) is 0.333. The summed E-state index contributed by atoms with van der Waals surface area (Å²) in [6.07, 6.45) is 1.16. The number of nitrogens with one attached hydrogen (secondary N) is 1. The van der Waals surface area contributed by atoms with E-state index in [9.17, 15) is 9.59 Å². The van der Waals surface area contributed by atoms with Crippen LogP contribution < -0.4 is 5.32 Å². The second kappa shape index (κ2) is 3.66. The largest absolute Gasteiger partial charge is 0.478 e. The average Bonchev–Trinajstić information content (AvgIpc) is 1.82. The van der Waals surface area contributed by atoms with Gasteiger partial charge in [-0.25, -0.2) is 4.79 Å². The van der Waals surface area contributed by atoms with Crippen LogP contribution in [0.3, 0.4) is 0 Å². The van der Waals surface area contributed by atoms with Crippen molar-refractivity contribution in [2.24, 2.45) is 0 Å². The lowest BCUT2D eigenvalue weighted by molar-refractivity contribution is -0.132. The van der Waals surface area contributed by atoms with Crippen LogP contribution in [0, 0.1) is 0 Å². The molecule has 0 fully saturated rings. The summed E-state index contributed by atoms with van der Waals surface area (Å²) in [6.45, 7) is 2.71. The Hall–Kier alpha value is -1.32. The first-order valence-electron chi connectivity index (χ1n) is 2.71. The Morgan fingerprint density at radius 1 is 1.40 bits per heavy atom. The van der Waals surface area contributed by atoms with Gasteiger partial charge in [0.15, 0.2) is 0 Å². The van der Waals surface area contributed by atoms with E-state index >= 15 is 0 Å². The monoisotopic (exact) mass is 143 g/mol. The highest BCUT2D eigenvalue weighted by Crippen LogP contribution is 1.87. The highest BCUT2D eigenvalue weighted by Gasteiger charge is 1.97. The second-order valence-corrected chi connectivity index (χ2v) is 1.83. The molecule has 0 saturated heterocycles. The smallest absolute Gasteiger partial charge is 0.332 e. The molecule has 0 radical (unpaired) electrons. The summed E-state index contributed by atoms with van der Waals surface area (Å²) >= 11 is 0. The zero-order valence-corrected chi connectivity index (χ0v) is 5.84. The van der Waals surface area contributed by atoms with Crippen LogP contribution in [0.25, 0.3) is 0 Å². The molecule has 0 aliphatic heterocycles. The van der Waals surface area contributed by atoms with E-state index in [0.29, 0.717) is 0 Å². The van der Waals surface area contributed by atoms with Crippen molar-refractivity contribution in [3.05, 3.63) is 11.8 Å². The van der Waals surface area contributed by atoms with Gasteiger partial charge in [-0.3, -0.25) is 4.79 Å².